The van der Waals surface area contributed by atoms with E-state index in [-0.39, 0.29) is 0 Å². The Bertz CT molecular complexity index is 363. The number of anilines is 1. The van der Waals surface area contributed by atoms with Crippen LogP contribution in [0.3, 0.4) is 0 Å². The molecule has 0 aliphatic heterocycles. The molecule has 1 unspecified atom stereocenters. The monoisotopic (exact) mass is 247 g/mol. The predicted molar refractivity (Wildman–Crippen MR) is 79.0 cm³/mol. The molecule has 18 heavy (non-hydrogen) atoms. The van der Waals surface area contributed by atoms with Gasteiger partial charge in [-0.3, -0.25) is 0 Å². The summed E-state index contributed by atoms with van der Waals surface area (Å²) in [7, 11) is 0. The van der Waals surface area contributed by atoms with E-state index in [1.54, 1.807) is 0 Å². The molecule has 1 rings (SSSR count). The molecule has 0 spiro atoms. The smallest absolute Gasteiger partial charge is 0.129 e. The molecular weight excluding hydrogens is 222 g/mol. The van der Waals surface area contributed by atoms with Gasteiger partial charge in [0.2, 0.25) is 0 Å². The summed E-state index contributed by atoms with van der Waals surface area (Å²) in [5.41, 5.74) is 1.29. The van der Waals surface area contributed by atoms with E-state index < -0.39 is 0 Å². The van der Waals surface area contributed by atoms with Crippen LogP contribution in [0.25, 0.3) is 0 Å². The van der Waals surface area contributed by atoms with E-state index in [0.717, 1.165) is 31.9 Å². The summed E-state index contributed by atoms with van der Waals surface area (Å²) in [4.78, 5) is 6.65. The molecule has 1 aromatic heterocycles. The minimum Gasteiger partial charge on any atom is -0.353 e. The molecule has 0 saturated heterocycles. The van der Waals surface area contributed by atoms with Gasteiger partial charge in [-0.2, -0.15) is 0 Å². The second kappa shape index (κ2) is 7.88. The van der Waals surface area contributed by atoms with Gasteiger partial charge in [-0.25, -0.2) is 4.98 Å². The molecule has 0 bridgehead atoms. The van der Waals surface area contributed by atoms with Gasteiger partial charge in [0.05, 0.1) is 0 Å². The van der Waals surface area contributed by atoms with Crippen LogP contribution < -0.4 is 10.2 Å². The minimum atomic E-state index is 0.370. The highest BCUT2D eigenvalue weighted by Crippen LogP contribution is 2.18. The van der Waals surface area contributed by atoms with E-state index in [2.05, 4.69) is 54.7 Å². The van der Waals surface area contributed by atoms with E-state index in [1.165, 1.54) is 5.56 Å². The van der Waals surface area contributed by atoms with Crippen LogP contribution in [-0.4, -0.2) is 24.6 Å². The van der Waals surface area contributed by atoms with Crippen molar-refractivity contribution in [3.63, 3.8) is 0 Å². The molecule has 100 valence electrons. The Labute approximate surface area is 111 Å². The molecule has 0 fully saturated rings. The molecule has 1 N–H and O–H groups in total. The predicted octanol–water partition coefficient (Wildman–Crippen LogP) is 3.15. The van der Waals surface area contributed by atoms with Crippen LogP contribution in [-0.2, 0) is 0 Å². The zero-order chi connectivity index (χ0) is 13.4. The minimum absolute atomic E-state index is 0.370. The summed E-state index contributed by atoms with van der Waals surface area (Å²) in [6.07, 6.45) is 4.96. The molecule has 1 atom stereocenters. The quantitative estimate of drug-likeness (QED) is 0.715. The Morgan fingerprint density at radius 2 is 2.28 bits per heavy atom. The normalized spacial score (nSPS) is 12.2. The number of hydrogen-bond acceptors (Lipinski definition) is 3. The fourth-order valence-corrected chi connectivity index (χ4v) is 1.90. The van der Waals surface area contributed by atoms with Crippen molar-refractivity contribution < 1.29 is 0 Å². The Kier molecular flexibility index (Phi) is 6.44. The van der Waals surface area contributed by atoms with Crippen LogP contribution in [0, 0.1) is 0 Å². The number of likely N-dealkylation sites (N-methyl/N-ethyl adjacent to an activating group) is 1. The van der Waals surface area contributed by atoms with Crippen LogP contribution >= 0.6 is 0 Å². The molecule has 0 aliphatic carbocycles. The van der Waals surface area contributed by atoms with E-state index >= 15 is 0 Å². The third kappa shape index (κ3) is 4.15. The van der Waals surface area contributed by atoms with Gasteiger partial charge in [-0.1, -0.05) is 13.0 Å². The molecule has 0 radical (unpaired) electrons. The van der Waals surface area contributed by atoms with Crippen molar-refractivity contribution in [1.82, 2.24) is 10.3 Å². The topological polar surface area (TPSA) is 28.2 Å². The lowest BCUT2D eigenvalue weighted by Crippen LogP contribution is -2.24. The number of hydrogen-bond donors (Lipinski definition) is 1. The number of nitrogens with one attached hydrogen (secondary N) is 1. The fraction of sp³-hybridized carbons (Fsp3) is 0.533. The lowest BCUT2D eigenvalue weighted by molar-refractivity contribution is 0.570. The van der Waals surface area contributed by atoms with Crippen molar-refractivity contribution >= 4 is 5.82 Å². The Morgan fingerprint density at radius 1 is 1.50 bits per heavy atom. The molecule has 0 aromatic carbocycles. The molecule has 0 amide bonds. The van der Waals surface area contributed by atoms with Gasteiger partial charge in [-0.05, 0) is 44.5 Å². The van der Waals surface area contributed by atoms with E-state index in [0.29, 0.717) is 6.04 Å². The maximum absolute atomic E-state index is 4.44. The maximum atomic E-state index is 4.44. The van der Waals surface area contributed by atoms with E-state index in [4.69, 9.17) is 0 Å². The Balaban J connectivity index is 2.80. The van der Waals surface area contributed by atoms with Crippen LogP contribution in [0.1, 0.15) is 38.8 Å². The SMILES string of the molecule is C=CCN(CC)c1cc(C(C)NCCC)ccn1. The van der Waals surface area contributed by atoms with Gasteiger partial charge in [0.15, 0.2) is 0 Å². The summed E-state index contributed by atoms with van der Waals surface area (Å²) < 4.78 is 0. The molecule has 3 heteroatoms. The highest BCUT2D eigenvalue weighted by molar-refractivity contribution is 5.42. The first-order valence-corrected chi connectivity index (χ1v) is 6.78. The van der Waals surface area contributed by atoms with Crippen LogP contribution in [0.2, 0.25) is 0 Å². The number of rotatable bonds is 8. The van der Waals surface area contributed by atoms with Crippen molar-refractivity contribution in [3.8, 4) is 0 Å². The highest BCUT2D eigenvalue weighted by Gasteiger charge is 2.08. The first-order chi connectivity index (χ1) is 8.72. The molecule has 1 aromatic rings. The van der Waals surface area contributed by atoms with Crippen LogP contribution in [0.5, 0.6) is 0 Å². The molecule has 0 saturated carbocycles. The van der Waals surface area contributed by atoms with E-state index in [1.807, 2.05) is 12.3 Å². The maximum Gasteiger partial charge on any atom is 0.129 e. The average Bonchev–Trinajstić information content (AvgIpc) is 2.42. The van der Waals surface area contributed by atoms with Gasteiger partial charge in [0.1, 0.15) is 5.82 Å². The van der Waals surface area contributed by atoms with Crippen molar-refractivity contribution in [3.05, 3.63) is 36.5 Å². The molecule has 1 heterocycles. The lowest BCUT2D eigenvalue weighted by Gasteiger charge is -2.22. The summed E-state index contributed by atoms with van der Waals surface area (Å²) in [6, 6.07) is 4.62. The van der Waals surface area contributed by atoms with Gasteiger partial charge < -0.3 is 10.2 Å². The Morgan fingerprint density at radius 3 is 2.89 bits per heavy atom. The largest absolute Gasteiger partial charge is 0.353 e. The van der Waals surface area contributed by atoms with Crippen molar-refractivity contribution in [2.75, 3.05) is 24.5 Å². The number of aromatic nitrogens is 1. The summed E-state index contributed by atoms with van der Waals surface area (Å²) in [5, 5.41) is 3.50. The van der Waals surface area contributed by atoms with Crippen LogP contribution in [0.4, 0.5) is 5.82 Å². The summed E-state index contributed by atoms with van der Waals surface area (Å²) in [6.45, 7) is 13.1. The zero-order valence-electron chi connectivity index (χ0n) is 11.8. The fourth-order valence-electron chi connectivity index (χ4n) is 1.90. The molecular formula is C15H25N3. The Hall–Kier alpha value is -1.35. The first kappa shape index (κ1) is 14.7. The average molecular weight is 247 g/mol. The number of nitrogens with zero attached hydrogens (tertiary/aromatic N) is 2. The third-order valence-corrected chi connectivity index (χ3v) is 3.03. The van der Waals surface area contributed by atoms with Crippen molar-refractivity contribution in [1.29, 1.82) is 0 Å². The summed E-state index contributed by atoms with van der Waals surface area (Å²) >= 11 is 0. The second-order valence-corrected chi connectivity index (χ2v) is 4.45. The van der Waals surface area contributed by atoms with Crippen molar-refractivity contribution in [2.45, 2.75) is 33.2 Å². The third-order valence-electron chi connectivity index (χ3n) is 3.03. The van der Waals surface area contributed by atoms with Gasteiger partial charge in [0, 0.05) is 25.3 Å². The molecule has 0 aliphatic rings. The summed E-state index contributed by atoms with van der Waals surface area (Å²) in [5.74, 6) is 1.03. The lowest BCUT2D eigenvalue weighted by atomic mass is 10.1. The second-order valence-electron chi connectivity index (χ2n) is 4.45. The first-order valence-electron chi connectivity index (χ1n) is 6.78. The van der Waals surface area contributed by atoms with Gasteiger partial charge in [0.25, 0.3) is 0 Å². The van der Waals surface area contributed by atoms with Gasteiger partial charge in [-0.15, -0.1) is 6.58 Å². The standard InChI is InChI=1S/C15H25N3/c1-5-9-16-13(4)14-8-10-17-15(12-14)18(7-3)11-6-2/h6,8,10,12-13,16H,2,5,7,9,11H2,1,3-4H3. The van der Waals surface area contributed by atoms with Crippen molar-refractivity contribution in [2.24, 2.45) is 0 Å². The van der Waals surface area contributed by atoms with Gasteiger partial charge >= 0.3 is 0 Å². The van der Waals surface area contributed by atoms with E-state index in [9.17, 15) is 0 Å². The van der Waals surface area contributed by atoms with Crippen LogP contribution in [0.15, 0.2) is 31.0 Å². The number of pyridine rings is 1. The molecule has 3 nitrogen and oxygen atoms in total. The zero-order valence-corrected chi connectivity index (χ0v) is 11.8. The highest BCUT2D eigenvalue weighted by atomic mass is 15.2.